The first-order chi connectivity index (χ1) is 7.65. The second kappa shape index (κ2) is 6.23. The highest BCUT2D eigenvalue weighted by molar-refractivity contribution is 5.66. The number of carboxylic acids is 1. The summed E-state index contributed by atoms with van der Waals surface area (Å²) in [6, 6.07) is 4.16. The molecule has 1 N–H and O–H groups in total. The van der Waals surface area contributed by atoms with Crippen molar-refractivity contribution in [1.82, 2.24) is 9.88 Å². The predicted octanol–water partition coefficient (Wildman–Crippen LogP) is 1.94. The maximum Gasteiger partial charge on any atom is 0.304 e. The number of rotatable bonds is 6. The number of aromatic nitrogens is 1. The standard InChI is InChI=1S/C12H18N2O2/c1-3-14(9-6-12(15)16)10(2)11-4-7-13-8-5-11/h4-5,7-8,10H,3,6,9H2,1-2H3,(H,15,16). The molecule has 0 fully saturated rings. The van der Waals surface area contributed by atoms with Gasteiger partial charge in [-0.1, -0.05) is 6.92 Å². The number of aliphatic carboxylic acids is 1. The molecule has 4 heteroatoms. The summed E-state index contributed by atoms with van der Waals surface area (Å²) in [5, 5.41) is 8.67. The molecular formula is C12H18N2O2. The second-order valence-corrected chi connectivity index (χ2v) is 3.73. The first-order valence-electron chi connectivity index (χ1n) is 5.51. The Kier molecular flexibility index (Phi) is 4.92. The van der Waals surface area contributed by atoms with Gasteiger partial charge in [0.1, 0.15) is 0 Å². The minimum atomic E-state index is -0.750. The van der Waals surface area contributed by atoms with E-state index < -0.39 is 5.97 Å². The molecule has 0 amide bonds. The van der Waals surface area contributed by atoms with Crippen molar-refractivity contribution in [3.05, 3.63) is 30.1 Å². The number of carboxylic acid groups (broad SMARTS) is 1. The third-order valence-electron chi connectivity index (χ3n) is 2.76. The normalized spacial score (nSPS) is 12.7. The lowest BCUT2D eigenvalue weighted by atomic mass is 10.1. The van der Waals surface area contributed by atoms with Crippen molar-refractivity contribution in [2.24, 2.45) is 0 Å². The summed E-state index contributed by atoms with van der Waals surface area (Å²) in [5.74, 6) is -0.750. The van der Waals surface area contributed by atoms with Crippen LogP contribution in [0.25, 0.3) is 0 Å². The molecule has 0 aliphatic heterocycles. The summed E-state index contributed by atoms with van der Waals surface area (Å²) in [6.07, 6.45) is 3.71. The Hall–Kier alpha value is -1.42. The van der Waals surface area contributed by atoms with Crippen LogP contribution in [0.5, 0.6) is 0 Å². The summed E-state index contributed by atoms with van der Waals surface area (Å²) in [5.41, 5.74) is 1.17. The van der Waals surface area contributed by atoms with E-state index in [1.54, 1.807) is 12.4 Å². The van der Waals surface area contributed by atoms with E-state index in [4.69, 9.17) is 5.11 Å². The van der Waals surface area contributed by atoms with E-state index in [1.807, 2.05) is 19.1 Å². The zero-order valence-electron chi connectivity index (χ0n) is 9.76. The highest BCUT2D eigenvalue weighted by Crippen LogP contribution is 2.18. The van der Waals surface area contributed by atoms with Crippen LogP contribution in [-0.2, 0) is 4.79 Å². The fourth-order valence-electron chi connectivity index (χ4n) is 1.72. The van der Waals surface area contributed by atoms with Crippen LogP contribution >= 0.6 is 0 Å². The van der Waals surface area contributed by atoms with Gasteiger partial charge in [0.15, 0.2) is 0 Å². The van der Waals surface area contributed by atoms with Gasteiger partial charge >= 0.3 is 5.97 Å². The molecule has 0 saturated heterocycles. The van der Waals surface area contributed by atoms with E-state index in [2.05, 4.69) is 16.8 Å². The van der Waals surface area contributed by atoms with Gasteiger partial charge in [-0.2, -0.15) is 0 Å². The largest absolute Gasteiger partial charge is 0.481 e. The fourth-order valence-corrected chi connectivity index (χ4v) is 1.72. The van der Waals surface area contributed by atoms with Gasteiger partial charge in [-0.3, -0.25) is 14.7 Å². The average molecular weight is 222 g/mol. The van der Waals surface area contributed by atoms with E-state index in [0.29, 0.717) is 6.54 Å². The van der Waals surface area contributed by atoms with Crippen LogP contribution in [0.3, 0.4) is 0 Å². The smallest absolute Gasteiger partial charge is 0.304 e. The van der Waals surface area contributed by atoms with Crippen molar-refractivity contribution >= 4 is 5.97 Å². The molecule has 0 radical (unpaired) electrons. The van der Waals surface area contributed by atoms with Crippen LogP contribution in [0.15, 0.2) is 24.5 Å². The molecule has 1 unspecified atom stereocenters. The molecule has 1 aromatic heterocycles. The lowest BCUT2D eigenvalue weighted by Crippen LogP contribution is -2.29. The van der Waals surface area contributed by atoms with Gasteiger partial charge in [0, 0.05) is 25.0 Å². The molecule has 0 saturated carbocycles. The number of nitrogens with zero attached hydrogens (tertiary/aromatic N) is 2. The van der Waals surface area contributed by atoms with E-state index >= 15 is 0 Å². The Morgan fingerprint density at radius 2 is 2.12 bits per heavy atom. The molecular weight excluding hydrogens is 204 g/mol. The summed E-state index contributed by atoms with van der Waals surface area (Å²) in [7, 11) is 0. The lowest BCUT2D eigenvalue weighted by molar-refractivity contribution is -0.137. The molecule has 0 aliphatic carbocycles. The van der Waals surface area contributed by atoms with Gasteiger partial charge in [0.05, 0.1) is 6.42 Å². The molecule has 0 aromatic carbocycles. The molecule has 0 bridgehead atoms. The van der Waals surface area contributed by atoms with Crippen LogP contribution in [0.2, 0.25) is 0 Å². The first-order valence-corrected chi connectivity index (χ1v) is 5.51. The Balaban J connectivity index is 2.62. The Morgan fingerprint density at radius 1 is 1.50 bits per heavy atom. The third kappa shape index (κ3) is 3.62. The number of carbonyl (C=O) groups is 1. The summed E-state index contributed by atoms with van der Waals surface area (Å²) >= 11 is 0. The molecule has 88 valence electrons. The van der Waals surface area contributed by atoms with Gasteiger partial charge in [-0.15, -0.1) is 0 Å². The second-order valence-electron chi connectivity index (χ2n) is 3.73. The topological polar surface area (TPSA) is 53.4 Å². The van der Waals surface area contributed by atoms with Gasteiger partial charge in [-0.25, -0.2) is 0 Å². The van der Waals surface area contributed by atoms with Crippen molar-refractivity contribution in [2.45, 2.75) is 26.3 Å². The van der Waals surface area contributed by atoms with Gasteiger partial charge in [-0.05, 0) is 31.2 Å². The molecule has 1 atom stereocenters. The van der Waals surface area contributed by atoms with Crippen molar-refractivity contribution in [3.63, 3.8) is 0 Å². The van der Waals surface area contributed by atoms with Crippen molar-refractivity contribution in [3.8, 4) is 0 Å². The molecule has 1 heterocycles. The first kappa shape index (κ1) is 12.6. The molecule has 1 rings (SSSR count). The summed E-state index contributed by atoms with van der Waals surface area (Å²) < 4.78 is 0. The van der Waals surface area contributed by atoms with Crippen LogP contribution in [0, 0.1) is 0 Å². The van der Waals surface area contributed by atoms with Crippen LogP contribution < -0.4 is 0 Å². The van der Waals surface area contributed by atoms with Gasteiger partial charge < -0.3 is 5.11 Å². The highest BCUT2D eigenvalue weighted by Gasteiger charge is 2.14. The minimum Gasteiger partial charge on any atom is -0.481 e. The molecule has 0 aliphatic rings. The summed E-state index contributed by atoms with van der Waals surface area (Å²) in [6.45, 7) is 5.55. The van der Waals surface area contributed by atoms with Crippen molar-refractivity contribution in [2.75, 3.05) is 13.1 Å². The Morgan fingerprint density at radius 3 is 2.62 bits per heavy atom. The van der Waals surface area contributed by atoms with Gasteiger partial charge in [0.25, 0.3) is 0 Å². The van der Waals surface area contributed by atoms with Crippen molar-refractivity contribution < 1.29 is 9.90 Å². The average Bonchev–Trinajstić information content (AvgIpc) is 2.30. The molecule has 16 heavy (non-hydrogen) atoms. The quantitative estimate of drug-likeness (QED) is 0.799. The molecule has 0 spiro atoms. The summed E-state index contributed by atoms with van der Waals surface area (Å²) in [4.78, 5) is 16.7. The van der Waals surface area contributed by atoms with E-state index in [-0.39, 0.29) is 12.5 Å². The maximum atomic E-state index is 10.5. The molecule has 4 nitrogen and oxygen atoms in total. The zero-order chi connectivity index (χ0) is 12.0. The maximum absolute atomic E-state index is 10.5. The van der Waals surface area contributed by atoms with Gasteiger partial charge in [0.2, 0.25) is 0 Å². The van der Waals surface area contributed by atoms with Crippen LogP contribution in [0.1, 0.15) is 31.9 Å². The van der Waals surface area contributed by atoms with E-state index in [0.717, 1.165) is 6.54 Å². The van der Waals surface area contributed by atoms with Crippen molar-refractivity contribution in [1.29, 1.82) is 0 Å². The zero-order valence-corrected chi connectivity index (χ0v) is 9.76. The predicted molar refractivity (Wildman–Crippen MR) is 62.2 cm³/mol. The Labute approximate surface area is 95.9 Å². The number of pyridine rings is 1. The minimum absolute atomic E-state index is 0.184. The number of hydrogen-bond acceptors (Lipinski definition) is 3. The molecule has 1 aromatic rings. The van der Waals surface area contributed by atoms with Crippen LogP contribution in [0.4, 0.5) is 0 Å². The lowest BCUT2D eigenvalue weighted by Gasteiger charge is -2.27. The van der Waals surface area contributed by atoms with Crippen LogP contribution in [-0.4, -0.2) is 34.0 Å². The monoisotopic (exact) mass is 222 g/mol. The third-order valence-corrected chi connectivity index (χ3v) is 2.76. The Bertz CT molecular complexity index is 327. The number of hydrogen-bond donors (Lipinski definition) is 1. The SMILES string of the molecule is CCN(CCC(=O)O)C(C)c1ccncc1. The van der Waals surface area contributed by atoms with E-state index in [1.165, 1.54) is 5.56 Å². The highest BCUT2D eigenvalue weighted by atomic mass is 16.4. The van der Waals surface area contributed by atoms with E-state index in [9.17, 15) is 4.79 Å². The fraction of sp³-hybridized carbons (Fsp3) is 0.500.